The van der Waals surface area contributed by atoms with Crippen LogP contribution < -0.4 is 15.7 Å². The number of amides is 1. The van der Waals surface area contributed by atoms with Crippen molar-refractivity contribution in [2.45, 2.75) is 20.0 Å². The van der Waals surface area contributed by atoms with Crippen molar-refractivity contribution in [1.82, 2.24) is 24.5 Å². The molecular weight excluding hydrogens is 378 g/mol. The molecule has 4 rings (SSSR count). The van der Waals surface area contributed by atoms with Crippen LogP contribution in [0.3, 0.4) is 0 Å². The number of carbonyl (C=O) groups excluding carboxylic acids is 1. The van der Waals surface area contributed by atoms with Crippen molar-refractivity contribution in [1.29, 1.82) is 0 Å². The van der Waals surface area contributed by atoms with Crippen LogP contribution in [0.1, 0.15) is 10.4 Å². The molecule has 9 heteroatoms. The first-order chi connectivity index (χ1) is 13.6. The van der Waals surface area contributed by atoms with Gasteiger partial charge in [-0.25, -0.2) is 18.9 Å². The third-order valence-electron chi connectivity index (χ3n) is 4.04. The number of fused-ring (bicyclic) bond motifs is 1. The van der Waals surface area contributed by atoms with Crippen LogP contribution in [0.4, 0.5) is 0 Å². The number of nitrogens with zero attached hydrogens (tertiary/aromatic N) is 4. The Balaban J connectivity index is 1.55. The highest BCUT2D eigenvalue weighted by atomic mass is 32.1. The number of carbonyl (C=O) groups is 1. The average molecular weight is 395 g/mol. The highest BCUT2D eigenvalue weighted by Gasteiger charge is 2.15. The Kier molecular flexibility index (Phi) is 4.90. The fourth-order valence-electron chi connectivity index (χ4n) is 2.61. The van der Waals surface area contributed by atoms with E-state index in [1.54, 1.807) is 11.3 Å². The highest BCUT2D eigenvalue weighted by molar-refractivity contribution is 7.09. The molecule has 0 radical (unpaired) electrons. The fraction of sp³-hybridized carbons (Fsp3) is 0.158. The largest absolute Gasteiger partial charge is 0.436 e. The summed E-state index contributed by atoms with van der Waals surface area (Å²) in [6.07, 6.45) is 2.95. The summed E-state index contributed by atoms with van der Waals surface area (Å²) in [5.41, 5.74) is 0.920. The van der Waals surface area contributed by atoms with Crippen LogP contribution >= 0.6 is 11.3 Å². The molecule has 1 aromatic carbocycles. The first-order valence-corrected chi connectivity index (χ1v) is 9.46. The van der Waals surface area contributed by atoms with Crippen molar-refractivity contribution in [2.75, 3.05) is 0 Å². The zero-order chi connectivity index (χ0) is 19.5. The Morgan fingerprint density at radius 2 is 2.07 bits per heavy atom. The molecule has 3 heterocycles. The minimum atomic E-state index is -0.433. The van der Waals surface area contributed by atoms with Crippen LogP contribution in [-0.2, 0) is 17.9 Å². The summed E-state index contributed by atoms with van der Waals surface area (Å²) in [5, 5.41) is 8.95. The third kappa shape index (κ3) is 3.79. The molecule has 1 amide bonds. The number of rotatable bonds is 6. The first kappa shape index (κ1) is 17.9. The number of hydrogen-bond acceptors (Lipinski definition) is 6. The monoisotopic (exact) mass is 395 g/mol. The number of benzene rings is 1. The number of ether oxygens (including phenoxy) is 1. The first-order valence-electron chi connectivity index (χ1n) is 8.58. The predicted octanol–water partition coefficient (Wildman–Crippen LogP) is 2.37. The average Bonchev–Trinajstić information content (AvgIpc) is 3.32. The molecule has 0 atom stereocenters. The second-order valence-corrected chi connectivity index (χ2v) is 7.17. The molecule has 0 saturated heterocycles. The molecule has 142 valence electrons. The number of hydrogen-bond donors (Lipinski definition) is 1. The number of thiophene rings is 1. The van der Waals surface area contributed by atoms with Gasteiger partial charge >= 0.3 is 5.69 Å². The molecule has 0 bridgehead atoms. The van der Waals surface area contributed by atoms with Gasteiger partial charge in [-0.3, -0.25) is 4.79 Å². The van der Waals surface area contributed by atoms with Crippen LogP contribution in [0.5, 0.6) is 11.6 Å². The summed E-state index contributed by atoms with van der Waals surface area (Å²) in [5.74, 6) is 0.482. The van der Waals surface area contributed by atoms with E-state index in [1.165, 1.54) is 16.8 Å². The van der Waals surface area contributed by atoms with Crippen LogP contribution in [-0.4, -0.2) is 25.1 Å². The molecule has 0 saturated carbocycles. The number of aromatic nitrogens is 4. The zero-order valence-corrected chi connectivity index (χ0v) is 15.8. The second-order valence-electron chi connectivity index (χ2n) is 6.14. The third-order valence-corrected chi connectivity index (χ3v) is 4.91. The van der Waals surface area contributed by atoms with Gasteiger partial charge in [0.1, 0.15) is 12.3 Å². The maximum absolute atomic E-state index is 12.5. The van der Waals surface area contributed by atoms with Crippen LogP contribution in [0.2, 0.25) is 0 Å². The Morgan fingerprint density at radius 1 is 1.25 bits per heavy atom. The van der Waals surface area contributed by atoms with Gasteiger partial charge in [0.25, 0.3) is 5.88 Å². The lowest BCUT2D eigenvalue weighted by molar-refractivity contribution is -0.122. The Hall–Kier alpha value is -3.46. The maximum Gasteiger partial charge on any atom is 0.351 e. The van der Waals surface area contributed by atoms with Crippen molar-refractivity contribution in [3.8, 4) is 11.6 Å². The lowest BCUT2D eigenvalue weighted by atomic mass is 10.2. The topological polar surface area (TPSA) is 90.5 Å². The molecule has 3 aromatic heterocycles. The van der Waals surface area contributed by atoms with Crippen LogP contribution in [0.15, 0.2) is 59.0 Å². The molecule has 0 unspecified atom stereocenters. The van der Waals surface area contributed by atoms with Crippen molar-refractivity contribution < 1.29 is 9.53 Å². The van der Waals surface area contributed by atoms with E-state index in [4.69, 9.17) is 4.74 Å². The van der Waals surface area contributed by atoms with Gasteiger partial charge in [-0.1, -0.05) is 23.8 Å². The van der Waals surface area contributed by atoms with E-state index in [9.17, 15) is 9.59 Å². The molecule has 0 fully saturated rings. The van der Waals surface area contributed by atoms with E-state index < -0.39 is 5.69 Å². The SMILES string of the molecule is Cc1ccc(Oc2nccn3c(=O)n(CC(=O)NCc4cccs4)nc23)cc1. The van der Waals surface area contributed by atoms with Gasteiger partial charge in [0.05, 0.1) is 6.54 Å². The quantitative estimate of drug-likeness (QED) is 0.541. The van der Waals surface area contributed by atoms with E-state index in [0.717, 1.165) is 15.1 Å². The van der Waals surface area contributed by atoms with Gasteiger partial charge in [-0.15, -0.1) is 16.4 Å². The van der Waals surface area contributed by atoms with Crippen molar-refractivity contribution in [2.24, 2.45) is 0 Å². The van der Waals surface area contributed by atoms with Gasteiger partial charge < -0.3 is 10.1 Å². The van der Waals surface area contributed by atoms with Crippen LogP contribution in [0.25, 0.3) is 5.65 Å². The summed E-state index contributed by atoms with van der Waals surface area (Å²) in [4.78, 5) is 29.9. The standard InChI is InChI=1S/C19H17N5O3S/c1-13-4-6-14(7-5-13)27-18-17-22-24(19(26)23(17)9-8-20-18)12-16(25)21-11-15-3-2-10-28-15/h2-10H,11-12H2,1H3,(H,21,25). The zero-order valence-electron chi connectivity index (χ0n) is 15.0. The molecule has 4 aromatic rings. The lowest BCUT2D eigenvalue weighted by Crippen LogP contribution is -2.32. The van der Waals surface area contributed by atoms with E-state index in [1.807, 2.05) is 48.7 Å². The van der Waals surface area contributed by atoms with Gasteiger partial charge in [0, 0.05) is 17.3 Å². The molecular formula is C19H17N5O3S. The smallest absolute Gasteiger partial charge is 0.351 e. The summed E-state index contributed by atoms with van der Waals surface area (Å²) < 4.78 is 8.18. The van der Waals surface area contributed by atoms with Gasteiger partial charge in [-0.05, 0) is 30.5 Å². The van der Waals surface area contributed by atoms with E-state index >= 15 is 0 Å². The van der Waals surface area contributed by atoms with Gasteiger partial charge in [0.2, 0.25) is 11.6 Å². The van der Waals surface area contributed by atoms with Crippen molar-refractivity contribution in [3.63, 3.8) is 0 Å². The molecule has 0 aliphatic rings. The summed E-state index contributed by atoms with van der Waals surface area (Å²) >= 11 is 1.55. The molecule has 1 N–H and O–H groups in total. The van der Waals surface area contributed by atoms with Crippen molar-refractivity contribution >= 4 is 22.9 Å². The van der Waals surface area contributed by atoms with E-state index in [2.05, 4.69) is 15.4 Å². The number of aryl methyl sites for hydroxylation is 1. The van der Waals surface area contributed by atoms with E-state index in [0.29, 0.717) is 12.3 Å². The predicted molar refractivity (Wildman–Crippen MR) is 105 cm³/mol. The summed E-state index contributed by atoms with van der Waals surface area (Å²) in [6, 6.07) is 11.3. The van der Waals surface area contributed by atoms with Crippen molar-refractivity contribution in [3.05, 3.63) is 75.1 Å². The minimum absolute atomic E-state index is 0.185. The summed E-state index contributed by atoms with van der Waals surface area (Å²) in [6.45, 7) is 2.21. The Labute approximate surface area is 164 Å². The summed E-state index contributed by atoms with van der Waals surface area (Å²) in [7, 11) is 0. The number of nitrogens with one attached hydrogen (secondary N) is 1. The Bertz CT molecular complexity index is 1160. The minimum Gasteiger partial charge on any atom is -0.436 e. The highest BCUT2D eigenvalue weighted by Crippen LogP contribution is 2.22. The Morgan fingerprint density at radius 3 is 2.82 bits per heavy atom. The second kappa shape index (κ2) is 7.65. The molecule has 0 aliphatic heterocycles. The normalized spacial score (nSPS) is 10.9. The maximum atomic E-state index is 12.5. The van der Waals surface area contributed by atoms with Gasteiger partial charge in [-0.2, -0.15) is 0 Å². The lowest BCUT2D eigenvalue weighted by Gasteiger charge is -2.05. The fourth-order valence-corrected chi connectivity index (χ4v) is 3.25. The molecule has 0 spiro atoms. The molecule has 28 heavy (non-hydrogen) atoms. The van der Waals surface area contributed by atoms with Crippen LogP contribution in [0, 0.1) is 6.92 Å². The van der Waals surface area contributed by atoms with E-state index in [-0.39, 0.29) is 24.0 Å². The molecule has 0 aliphatic carbocycles. The molecule has 8 nitrogen and oxygen atoms in total. The van der Waals surface area contributed by atoms with Gasteiger partial charge in [0.15, 0.2) is 0 Å².